The zero-order valence-electron chi connectivity index (χ0n) is 20.1. The quantitative estimate of drug-likeness (QED) is 0.601. The third kappa shape index (κ3) is 6.13. The molecule has 1 N–H and O–H groups in total. The topological polar surface area (TPSA) is 120 Å². The van der Waals surface area contributed by atoms with Crippen molar-refractivity contribution in [2.24, 2.45) is 0 Å². The maximum atomic E-state index is 12.8. The summed E-state index contributed by atoms with van der Waals surface area (Å²) in [4.78, 5) is 23.4. The van der Waals surface area contributed by atoms with Gasteiger partial charge in [-0.25, -0.2) is 14.8 Å². The number of aryl methyl sites for hydroxylation is 1. The van der Waals surface area contributed by atoms with E-state index in [1.54, 1.807) is 0 Å². The van der Waals surface area contributed by atoms with Crippen LogP contribution in [0, 0.1) is 13.8 Å². The Morgan fingerprint density at radius 2 is 1.83 bits per heavy atom. The van der Waals surface area contributed by atoms with Crippen LogP contribution < -0.4 is 10.1 Å². The highest BCUT2D eigenvalue weighted by Crippen LogP contribution is 2.34. The molecule has 1 amide bonds. The van der Waals surface area contributed by atoms with Gasteiger partial charge in [-0.1, -0.05) is 17.7 Å². The molecule has 1 saturated carbocycles. The van der Waals surface area contributed by atoms with Crippen molar-refractivity contribution in [1.29, 1.82) is 0 Å². The smallest absolute Gasteiger partial charge is 0.410 e. The molecule has 5 rings (SSSR count). The predicted octanol–water partition coefficient (Wildman–Crippen LogP) is 4.12. The molecule has 3 aliphatic rings. The van der Waals surface area contributed by atoms with Gasteiger partial charge in [0.05, 0.1) is 41.6 Å². The molecule has 2 aromatic rings. The average molecular weight is 537 g/mol. The van der Waals surface area contributed by atoms with Gasteiger partial charge >= 0.3 is 17.7 Å². The lowest BCUT2D eigenvalue weighted by Crippen LogP contribution is -2.61. The van der Waals surface area contributed by atoms with E-state index in [1.165, 1.54) is 6.33 Å². The maximum Gasteiger partial charge on any atom is 0.410 e. The van der Waals surface area contributed by atoms with E-state index in [0.29, 0.717) is 42.8 Å². The average Bonchev–Trinajstić information content (AvgIpc) is 2.80. The molecule has 2 aliphatic heterocycles. The summed E-state index contributed by atoms with van der Waals surface area (Å²) in [5, 5.41) is 3.91. The molecule has 12 heteroatoms. The fourth-order valence-corrected chi connectivity index (χ4v) is 4.92. The number of hydrogen-bond donors (Lipinski definition) is 1. The zero-order chi connectivity index (χ0) is 25.7. The molecule has 3 fully saturated rings. The number of carbonyl (C=O) groups is 1. The summed E-state index contributed by atoms with van der Waals surface area (Å²) in [6.45, 7) is 4.92. The Labute approximate surface area is 218 Å². The Morgan fingerprint density at radius 3 is 2.44 bits per heavy atom. The number of anilines is 2. The van der Waals surface area contributed by atoms with Crippen LogP contribution in [0.2, 0.25) is 5.02 Å². The molecule has 2 bridgehead atoms. The number of morpholine rings is 1. The van der Waals surface area contributed by atoms with Crippen molar-refractivity contribution in [3.05, 3.63) is 40.7 Å². The molecule has 2 atom stereocenters. The number of carbonyl (C=O) groups excluding carboxylic acids is 1. The molecule has 3 heterocycles. The number of hydrogen-bond acceptors (Lipinski definition) is 9. The second-order valence-corrected chi connectivity index (χ2v) is 9.77. The molecule has 0 radical (unpaired) electrons. The Bertz CT molecular complexity index is 1110. The van der Waals surface area contributed by atoms with E-state index in [0.717, 1.165) is 36.1 Å². The first-order valence-electron chi connectivity index (χ1n) is 11.9. The summed E-state index contributed by atoms with van der Waals surface area (Å²) in [5.41, 5.74) is 2.67. The van der Waals surface area contributed by atoms with Crippen LogP contribution in [0.3, 0.4) is 0 Å². The number of amides is 1. The minimum Gasteiger partial charge on any atom is -0.474 e. The molecule has 194 valence electrons. The Hall–Kier alpha value is -2.76. The van der Waals surface area contributed by atoms with Crippen LogP contribution in [-0.4, -0.2) is 66.9 Å². The van der Waals surface area contributed by atoms with Gasteiger partial charge < -0.3 is 19.5 Å². The summed E-state index contributed by atoms with van der Waals surface area (Å²) in [5.74, 6) is 1.18. The first-order chi connectivity index (χ1) is 17.4. The fourth-order valence-electron chi connectivity index (χ4n) is 4.64. The number of fused-ring (bicyclic) bond motifs is 2. The van der Waals surface area contributed by atoms with Gasteiger partial charge in [0.15, 0.2) is 0 Å². The third-order valence-electron chi connectivity index (χ3n) is 6.70. The summed E-state index contributed by atoms with van der Waals surface area (Å²) in [7, 11) is 0. The summed E-state index contributed by atoms with van der Waals surface area (Å²) >= 11 is 5.62. The van der Waals surface area contributed by atoms with Crippen LogP contribution in [0.4, 0.5) is 16.3 Å². The highest BCUT2D eigenvalue weighted by atomic mass is 35.5. The van der Waals surface area contributed by atoms with Crippen molar-refractivity contribution < 1.29 is 27.4 Å². The van der Waals surface area contributed by atoms with Gasteiger partial charge in [0, 0.05) is 12.8 Å². The van der Waals surface area contributed by atoms with Crippen molar-refractivity contribution in [3.8, 4) is 5.88 Å². The summed E-state index contributed by atoms with van der Waals surface area (Å²) in [6, 6.07) is 5.72. The van der Waals surface area contributed by atoms with Gasteiger partial charge in [-0.3, -0.25) is 4.90 Å². The van der Waals surface area contributed by atoms with Crippen molar-refractivity contribution >= 4 is 40.8 Å². The van der Waals surface area contributed by atoms with E-state index in [-0.39, 0.29) is 30.4 Å². The van der Waals surface area contributed by atoms with E-state index in [9.17, 15) is 4.79 Å². The Kier molecular flexibility index (Phi) is 8.76. The van der Waals surface area contributed by atoms with Crippen LogP contribution >= 0.6 is 11.6 Å². The Morgan fingerprint density at radius 1 is 1.14 bits per heavy atom. The number of nitrogens with one attached hydrogen (secondary N) is 1. The van der Waals surface area contributed by atoms with E-state index in [1.807, 2.05) is 36.9 Å². The largest absolute Gasteiger partial charge is 0.474 e. The van der Waals surface area contributed by atoms with Gasteiger partial charge in [-0.2, -0.15) is 8.42 Å². The van der Waals surface area contributed by atoms with Crippen LogP contribution in [0.5, 0.6) is 5.88 Å². The molecule has 10 nitrogen and oxygen atoms in total. The minimum absolute atomic E-state index is 0.0545. The van der Waals surface area contributed by atoms with Crippen molar-refractivity contribution in [2.75, 3.05) is 18.5 Å². The third-order valence-corrected chi connectivity index (χ3v) is 7.01. The lowest BCUT2D eigenvalue weighted by molar-refractivity contribution is -0.0984. The second kappa shape index (κ2) is 12.0. The number of ether oxygens (including phenoxy) is 3. The predicted molar refractivity (Wildman–Crippen MR) is 133 cm³/mol. The SMILES string of the molecule is Cc1ccc(Nc2ncnc(OC3CC4COCC(C3)N4C(=O)OC3CCC3)c2C)c(Cl)c1.O=S=O. The van der Waals surface area contributed by atoms with Crippen molar-refractivity contribution in [3.63, 3.8) is 0 Å². The van der Waals surface area contributed by atoms with Gasteiger partial charge in [-0.05, 0) is 50.8 Å². The highest BCUT2D eigenvalue weighted by Gasteiger charge is 2.44. The number of benzene rings is 1. The van der Waals surface area contributed by atoms with E-state index < -0.39 is 11.6 Å². The maximum absolute atomic E-state index is 12.8. The first kappa shape index (κ1) is 26.3. The van der Waals surface area contributed by atoms with Crippen LogP contribution in [0.15, 0.2) is 24.5 Å². The fraction of sp³-hybridized carbons (Fsp3) is 0.542. The molecule has 2 saturated heterocycles. The summed E-state index contributed by atoms with van der Waals surface area (Å²) < 4.78 is 34.3. The van der Waals surface area contributed by atoms with Crippen LogP contribution in [0.1, 0.15) is 43.2 Å². The lowest BCUT2D eigenvalue weighted by Gasteiger charge is -2.47. The lowest BCUT2D eigenvalue weighted by atomic mass is 9.92. The molecule has 0 spiro atoms. The molecular formula is C24H29ClN4O6S. The molecule has 1 aliphatic carbocycles. The van der Waals surface area contributed by atoms with Crippen LogP contribution in [-0.2, 0) is 21.0 Å². The molecule has 1 aromatic carbocycles. The number of piperidine rings is 1. The normalized spacial score (nSPS) is 23.0. The Balaban J connectivity index is 0.000000967. The number of rotatable bonds is 5. The van der Waals surface area contributed by atoms with Gasteiger partial charge in [0.1, 0.15) is 24.4 Å². The van der Waals surface area contributed by atoms with Crippen molar-refractivity contribution in [1.82, 2.24) is 14.9 Å². The molecule has 36 heavy (non-hydrogen) atoms. The van der Waals surface area contributed by atoms with E-state index >= 15 is 0 Å². The number of nitrogens with zero attached hydrogens (tertiary/aromatic N) is 3. The van der Waals surface area contributed by atoms with Crippen LogP contribution in [0.25, 0.3) is 0 Å². The van der Waals surface area contributed by atoms with Gasteiger partial charge in [0.2, 0.25) is 5.88 Å². The summed E-state index contributed by atoms with van der Waals surface area (Å²) in [6.07, 6.45) is 5.69. The zero-order valence-corrected chi connectivity index (χ0v) is 21.7. The molecule has 1 aromatic heterocycles. The van der Waals surface area contributed by atoms with E-state index in [2.05, 4.69) is 15.3 Å². The molecule has 2 unspecified atom stereocenters. The van der Waals surface area contributed by atoms with Gasteiger partial charge in [-0.15, -0.1) is 0 Å². The standard InChI is InChI=1S/C24H29ClN4O4.O2S/c1-14-6-7-21(20(25)8-14)28-22-15(2)23(27-13-26-22)32-19-9-16-11-31-12-17(10-19)29(16)24(30)33-18-4-3-5-18;1-3-2/h6-8,13,16-19H,3-5,9-12H2,1-2H3,(H,26,27,28);. The monoisotopic (exact) mass is 536 g/mol. The van der Waals surface area contributed by atoms with Crippen molar-refractivity contribution in [2.45, 2.75) is 70.2 Å². The van der Waals surface area contributed by atoms with Gasteiger partial charge in [0.25, 0.3) is 0 Å². The first-order valence-corrected chi connectivity index (χ1v) is 12.9. The van der Waals surface area contributed by atoms with E-state index in [4.69, 9.17) is 34.2 Å². The highest BCUT2D eigenvalue weighted by molar-refractivity contribution is 7.51. The number of halogens is 1. The second-order valence-electron chi connectivity index (χ2n) is 9.23. The molecular weight excluding hydrogens is 508 g/mol. The number of aromatic nitrogens is 2. The minimum atomic E-state index is -0.750.